The quantitative estimate of drug-likeness (QED) is 0.781. The number of ether oxygens (including phenoxy) is 2. The molecule has 0 aliphatic rings. The van der Waals surface area contributed by atoms with Crippen molar-refractivity contribution in [1.82, 2.24) is 0 Å². The van der Waals surface area contributed by atoms with Crippen LogP contribution in [-0.4, -0.2) is 20.8 Å². The van der Waals surface area contributed by atoms with E-state index in [1.165, 1.54) is 14.2 Å². The van der Waals surface area contributed by atoms with E-state index in [4.69, 9.17) is 15.4 Å². The molecule has 6 heteroatoms. The lowest BCUT2D eigenvalue weighted by molar-refractivity contribution is 0.139. The van der Waals surface area contributed by atoms with E-state index in [1.54, 1.807) is 0 Å². The predicted octanol–water partition coefficient (Wildman–Crippen LogP) is 1.41. The third-order valence-electron chi connectivity index (χ3n) is 2.12. The van der Waals surface area contributed by atoms with Crippen molar-refractivity contribution in [3.05, 3.63) is 23.3 Å². The molecule has 1 rings (SSSR count). The predicted molar refractivity (Wildman–Crippen MR) is 53.3 cm³/mol. The van der Waals surface area contributed by atoms with Gasteiger partial charge in [0, 0.05) is 18.1 Å². The average Bonchev–Trinajstić information content (AvgIpc) is 2.30. The topological polar surface area (TPSA) is 53.7 Å². The molecule has 4 nitrogen and oxygen atoms in total. The Hall–Kier alpha value is -1.40. The molecular weight excluding hydrogens is 220 g/mol. The molecule has 1 aromatic rings. The van der Waals surface area contributed by atoms with Crippen molar-refractivity contribution in [2.75, 3.05) is 20.8 Å². The summed E-state index contributed by atoms with van der Waals surface area (Å²) in [4.78, 5) is 4.33. The Bertz CT molecular complexity index is 372. The summed E-state index contributed by atoms with van der Waals surface area (Å²) in [6.07, 6.45) is 0.0969. The summed E-state index contributed by atoms with van der Waals surface area (Å²) in [5.74, 6) is 3.15. The first-order chi connectivity index (χ1) is 7.65. The normalized spacial score (nSPS) is 10.3. The van der Waals surface area contributed by atoms with Crippen molar-refractivity contribution in [3.8, 4) is 11.5 Å². The van der Waals surface area contributed by atoms with Crippen LogP contribution in [0.15, 0.2) is 6.07 Å². The van der Waals surface area contributed by atoms with Crippen LogP contribution >= 0.6 is 0 Å². The van der Waals surface area contributed by atoms with Crippen LogP contribution in [0.4, 0.5) is 8.78 Å². The molecule has 16 heavy (non-hydrogen) atoms. The van der Waals surface area contributed by atoms with Gasteiger partial charge in [0.15, 0.2) is 23.1 Å². The lowest BCUT2D eigenvalue weighted by atomic mass is 10.1. The van der Waals surface area contributed by atoms with Gasteiger partial charge in [-0.25, -0.2) is 14.7 Å². The lowest BCUT2D eigenvalue weighted by Gasteiger charge is -2.13. The van der Waals surface area contributed by atoms with Gasteiger partial charge in [-0.05, 0) is 0 Å². The van der Waals surface area contributed by atoms with E-state index >= 15 is 0 Å². The van der Waals surface area contributed by atoms with Gasteiger partial charge in [-0.1, -0.05) is 0 Å². The Morgan fingerprint density at radius 3 is 2.44 bits per heavy atom. The van der Waals surface area contributed by atoms with Gasteiger partial charge >= 0.3 is 0 Å². The molecule has 0 bridgehead atoms. The van der Waals surface area contributed by atoms with E-state index < -0.39 is 11.6 Å². The van der Waals surface area contributed by atoms with E-state index in [0.717, 1.165) is 6.07 Å². The van der Waals surface area contributed by atoms with Crippen LogP contribution in [0.25, 0.3) is 0 Å². The highest BCUT2D eigenvalue weighted by Gasteiger charge is 2.19. The zero-order chi connectivity index (χ0) is 12.1. The third kappa shape index (κ3) is 2.40. The van der Waals surface area contributed by atoms with Gasteiger partial charge in [0.1, 0.15) is 0 Å². The van der Waals surface area contributed by atoms with Crippen LogP contribution in [0.3, 0.4) is 0 Å². The minimum atomic E-state index is -0.996. The maximum Gasteiger partial charge on any atom is 0.167 e. The molecule has 0 radical (unpaired) electrons. The van der Waals surface area contributed by atoms with Crippen LogP contribution in [0.2, 0.25) is 0 Å². The van der Waals surface area contributed by atoms with Gasteiger partial charge in [0.25, 0.3) is 0 Å². The van der Waals surface area contributed by atoms with Crippen molar-refractivity contribution in [2.24, 2.45) is 5.90 Å². The fraction of sp³-hybridized carbons (Fsp3) is 0.400. The molecule has 0 amide bonds. The summed E-state index contributed by atoms with van der Waals surface area (Å²) in [5, 5.41) is 0. The minimum absolute atomic E-state index is 0.0461. The van der Waals surface area contributed by atoms with Gasteiger partial charge in [0.05, 0.1) is 20.8 Å². The Labute approximate surface area is 91.9 Å². The number of nitrogens with two attached hydrogens (primary N) is 1. The highest BCUT2D eigenvalue weighted by atomic mass is 19.2. The Kier molecular flexibility index (Phi) is 4.45. The average molecular weight is 233 g/mol. The second kappa shape index (κ2) is 5.62. The maximum atomic E-state index is 13.5. The van der Waals surface area contributed by atoms with Crippen LogP contribution in [-0.2, 0) is 11.3 Å². The maximum absolute atomic E-state index is 13.5. The Morgan fingerprint density at radius 2 is 1.94 bits per heavy atom. The number of hydrogen-bond acceptors (Lipinski definition) is 4. The zero-order valence-electron chi connectivity index (χ0n) is 9.05. The molecule has 0 saturated heterocycles. The molecule has 0 spiro atoms. The molecule has 0 atom stereocenters. The van der Waals surface area contributed by atoms with E-state index in [0.29, 0.717) is 0 Å². The highest BCUT2D eigenvalue weighted by molar-refractivity contribution is 5.48. The first-order valence-corrected chi connectivity index (χ1v) is 4.56. The highest BCUT2D eigenvalue weighted by Crippen LogP contribution is 2.34. The molecule has 90 valence electrons. The van der Waals surface area contributed by atoms with Crippen LogP contribution < -0.4 is 15.4 Å². The van der Waals surface area contributed by atoms with E-state index in [2.05, 4.69) is 4.84 Å². The lowest BCUT2D eigenvalue weighted by Crippen LogP contribution is -2.08. The SMILES string of the molecule is COc1cc(F)c(F)c(CCON)c1OC. The van der Waals surface area contributed by atoms with E-state index in [9.17, 15) is 8.78 Å². The number of benzene rings is 1. The Balaban J connectivity index is 3.23. The second-order valence-corrected chi connectivity index (χ2v) is 3.01. The van der Waals surface area contributed by atoms with Crippen molar-refractivity contribution >= 4 is 0 Å². The molecule has 0 aromatic heterocycles. The molecule has 2 N–H and O–H groups in total. The van der Waals surface area contributed by atoms with Crippen molar-refractivity contribution in [1.29, 1.82) is 0 Å². The van der Waals surface area contributed by atoms with Crippen LogP contribution in [0, 0.1) is 11.6 Å². The first kappa shape index (κ1) is 12.7. The Morgan fingerprint density at radius 1 is 1.25 bits per heavy atom. The van der Waals surface area contributed by atoms with E-state index in [-0.39, 0.29) is 30.1 Å². The summed E-state index contributed by atoms with van der Waals surface area (Å²) in [5.41, 5.74) is 0.0461. The third-order valence-corrected chi connectivity index (χ3v) is 2.12. The van der Waals surface area contributed by atoms with Crippen LogP contribution in [0.1, 0.15) is 5.56 Å². The molecule has 1 aromatic carbocycles. The van der Waals surface area contributed by atoms with Gasteiger partial charge in [-0.15, -0.1) is 0 Å². The van der Waals surface area contributed by atoms with Gasteiger partial charge in [-0.2, -0.15) is 0 Å². The standard InChI is InChI=1S/C10H13F2NO3/c1-14-8-5-7(11)9(12)6(3-4-16-13)10(8)15-2/h5H,3-4,13H2,1-2H3. The minimum Gasteiger partial charge on any atom is -0.493 e. The van der Waals surface area contributed by atoms with Crippen molar-refractivity contribution < 1.29 is 23.1 Å². The summed E-state index contributed by atoms with van der Waals surface area (Å²) < 4.78 is 36.5. The van der Waals surface area contributed by atoms with Crippen LogP contribution in [0.5, 0.6) is 11.5 Å². The fourth-order valence-electron chi connectivity index (χ4n) is 1.40. The summed E-state index contributed by atoms with van der Waals surface area (Å²) in [7, 11) is 2.69. The summed E-state index contributed by atoms with van der Waals surface area (Å²) >= 11 is 0. The second-order valence-electron chi connectivity index (χ2n) is 3.01. The largest absolute Gasteiger partial charge is 0.493 e. The monoisotopic (exact) mass is 233 g/mol. The molecule has 0 saturated carbocycles. The molecule has 0 aliphatic heterocycles. The number of halogens is 2. The molecule has 0 fully saturated rings. The number of methoxy groups -OCH3 is 2. The smallest absolute Gasteiger partial charge is 0.167 e. The van der Waals surface area contributed by atoms with E-state index in [1.807, 2.05) is 0 Å². The van der Waals surface area contributed by atoms with Gasteiger partial charge in [-0.3, -0.25) is 0 Å². The molecule has 0 unspecified atom stereocenters. The molecular formula is C10H13F2NO3. The zero-order valence-corrected chi connectivity index (χ0v) is 9.05. The summed E-state index contributed by atoms with van der Waals surface area (Å²) in [6, 6.07) is 0.932. The number of hydrogen-bond donors (Lipinski definition) is 1. The molecule has 0 aliphatic carbocycles. The summed E-state index contributed by atoms with van der Waals surface area (Å²) in [6.45, 7) is 0.0554. The fourth-order valence-corrected chi connectivity index (χ4v) is 1.40. The van der Waals surface area contributed by atoms with Crippen molar-refractivity contribution in [3.63, 3.8) is 0 Å². The van der Waals surface area contributed by atoms with Gasteiger partial charge in [0.2, 0.25) is 0 Å². The molecule has 0 heterocycles. The van der Waals surface area contributed by atoms with Crippen molar-refractivity contribution in [2.45, 2.75) is 6.42 Å². The van der Waals surface area contributed by atoms with Gasteiger partial charge < -0.3 is 14.3 Å². The first-order valence-electron chi connectivity index (χ1n) is 4.56. The number of rotatable bonds is 5.